The summed E-state index contributed by atoms with van der Waals surface area (Å²) in [5.74, 6) is 0.807. The predicted octanol–water partition coefficient (Wildman–Crippen LogP) is 1.25. The van der Waals surface area contributed by atoms with Gasteiger partial charge in [-0.3, -0.25) is 0 Å². The molecule has 0 aromatic carbocycles. The second kappa shape index (κ2) is 6.29. The molecule has 0 radical (unpaired) electrons. The molecule has 18 heavy (non-hydrogen) atoms. The molecule has 102 valence electrons. The second-order valence-corrected chi connectivity index (χ2v) is 5.21. The van der Waals surface area contributed by atoms with E-state index in [4.69, 9.17) is 0 Å². The Labute approximate surface area is 109 Å². The lowest BCUT2D eigenvalue weighted by Crippen LogP contribution is -2.35. The number of nitrogens with zero attached hydrogens (tertiary/aromatic N) is 3. The smallest absolute Gasteiger partial charge is 0.0994 e. The van der Waals surface area contributed by atoms with Crippen molar-refractivity contribution in [2.75, 3.05) is 6.61 Å². The van der Waals surface area contributed by atoms with Gasteiger partial charge in [0.25, 0.3) is 0 Å². The fraction of sp³-hybridized carbons (Fsp3) is 0.846. The maximum Gasteiger partial charge on any atom is 0.0994 e. The average Bonchev–Trinajstić information content (AvgIpc) is 2.68. The Morgan fingerprint density at radius 3 is 2.72 bits per heavy atom. The Bertz CT molecular complexity index is 373. The standard InChI is InChI=1S/C13H24N4O/c1-3-17-15-10(2)13(16-17)8-14-12(9-18)7-11-5-4-6-11/h11-12,14,18H,3-9H2,1-2H3. The van der Waals surface area contributed by atoms with E-state index >= 15 is 0 Å². The van der Waals surface area contributed by atoms with E-state index in [1.54, 1.807) is 4.80 Å². The molecule has 0 amide bonds. The summed E-state index contributed by atoms with van der Waals surface area (Å²) < 4.78 is 0. The first kappa shape index (κ1) is 13.5. The summed E-state index contributed by atoms with van der Waals surface area (Å²) in [7, 11) is 0. The Balaban J connectivity index is 1.82. The number of aryl methyl sites for hydroxylation is 2. The van der Waals surface area contributed by atoms with Crippen molar-refractivity contribution in [3.05, 3.63) is 11.4 Å². The quantitative estimate of drug-likeness (QED) is 0.766. The van der Waals surface area contributed by atoms with Crippen LogP contribution in [0, 0.1) is 12.8 Å². The molecule has 5 heteroatoms. The average molecular weight is 252 g/mol. The van der Waals surface area contributed by atoms with Gasteiger partial charge in [0.05, 0.1) is 24.5 Å². The Morgan fingerprint density at radius 2 is 2.22 bits per heavy atom. The molecule has 1 heterocycles. The zero-order valence-corrected chi connectivity index (χ0v) is 11.4. The van der Waals surface area contributed by atoms with Gasteiger partial charge in [0.2, 0.25) is 0 Å². The Kier molecular flexibility index (Phi) is 4.72. The van der Waals surface area contributed by atoms with Gasteiger partial charge in [0, 0.05) is 12.6 Å². The van der Waals surface area contributed by atoms with Gasteiger partial charge in [0.15, 0.2) is 0 Å². The van der Waals surface area contributed by atoms with Crippen molar-refractivity contribution in [2.24, 2.45) is 5.92 Å². The maximum atomic E-state index is 9.39. The van der Waals surface area contributed by atoms with Crippen LogP contribution in [-0.4, -0.2) is 32.7 Å². The summed E-state index contributed by atoms with van der Waals surface area (Å²) in [4.78, 5) is 1.71. The van der Waals surface area contributed by atoms with Crippen LogP contribution in [0.15, 0.2) is 0 Å². The molecule has 2 N–H and O–H groups in total. The lowest BCUT2D eigenvalue weighted by Gasteiger charge is -2.29. The van der Waals surface area contributed by atoms with Crippen molar-refractivity contribution in [1.29, 1.82) is 0 Å². The van der Waals surface area contributed by atoms with Crippen LogP contribution in [0.4, 0.5) is 0 Å². The second-order valence-electron chi connectivity index (χ2n) is 5.21. The molecule has 1 aromatic rings. The summed E-state index contributed by atoms with van der Waals surface area (Å²) in [6.45, 7) is 5.72. The molecule has 1 aromatic heterocycles. The Morgan fingerprint density at radius 1 is 1.44 bits per heavy atom. The van der Waals surface area contributed by atoms with Crippen LogP contribution in [0.1, 0.15) is 44.0 Å². The molecule has 0 aliphatic heterocycles. The number of aliphatic hydroxyl groups is 1. The van der Waals surface area contributed by atoms with Crippen molar-refractivity contribution in [2.45, 2.75) is 58.7 Å². The van der Waals surface area contributed by atoms with Gasteiger partial charge in [-0.05, 0) is 26.2 Å². The van der Waals surface area contributed by atoms with Gasteiger partial charge >= 0.3 is 0 Å². The van der Waals surface area contributed by atoms with Gasteiger partial charge in [-0.2, -0.15) is 15.0 Å². The molecule has 5 nitrogen and oxygen atoms in total. The van der Waals surface area contributed by atoms with Crippen LogP contribution < -0.4 is 5.32 Å². The van der Waals surface area contributed by atoms with E-state index < -0.39 is 0 Å². The molecule has 0 bridgehead atoms. The van der Waals surface area contributed by atoms with Gasteiger partial charge in [-0.1, -0.05) is 19.3 Å². The van der Waals surface area contributed by atoms with Crippen LogP contribution in [0.3, 0.4) is 0 Å². The minimum Gasteiger partial charge on any atom is -0.395 e. The van der Waals surface area contributed by atoms with Crippen molar-refractivity contribution in [3.8, 4) is 0 Å². The molecule has 0 spiro atoms. The van der Waals surface area contributed by atoms with Gasteiger partial charge < -0.3 is 10.4 Å². The number of hydrogen-bond donors (Lipinski definition) is 2. The first-order chi connectivity index (χ1) is 8.72. The fourth-order valence-corrected chi connectivity index (χ4v) is 2.36. The zero-order chi connectivity index (χ0) is 13.0. The number of nitrogens with one attached hydrogen (secondary N) is 1. The normalized spacial score (nSPS) is 17.7. The van der Waals surface area contributed by atoms with Crippen LogP contribution in [0.25, 0.3) is 0 Å². The van der Waals surface area contributed by atoms with Crippen LogP contribution >= 0.6 is 0 Å². The lowest BCUT2D eigenvalue weighted by atomic mass is 9.81. The van der Waals surface area contributed by atoms with E-state index in [9.17, 15) is 5.11 Å². The van der Waals surface area contributed by atoms with E-state index in [0.29, 0.717) is 6.54 Å². The SMILES string of the molecule is CCn1nc(C)c(CNC(CO)CC2CCC2)n1. The maximum absolute atomic E-state index is 9.39. The summed E-state index contributed by atoms with van der Waals surface area (Å²) in [5.41, 5.74) is 1.97. The zero-order valence-electron chi connectivity index (χ0n) is 11.4. The summed E-state index contributed by atoms with van der Waals surface area (Å²) in [5, 5.41) is 21.5. The molecular weight excluding hydrogens is 228 g/mol. The third-order valence-corrected chi connectivity index (χ3v) is 3.82. The minimum absolute atomic E-state index is 0.196. The first-order valence-corrected chi connectivity index (χ1v) is 6.97. The lowest BCUT2D eigenvalue weighted by molar-refractivity contribution is 0.188. The molecule has 2 rings (SSSR count). The third-order valence-electron chi connectivity index (χ3n) is 3.82. The molecule has 1 fully saturated rings. The molecule has 1 unspecified atom stereocenters. The number of rotatable bonds is 7. The third kappa shape index (κ3) is 3.29. The van der Waals surface area contributed by atoms with Crippen LogP contribution in [-0.2, 0) is 13.1 Å². The highest BCUT2D eigenvalue weighted by atomic mass is 16.3. The largest absolute Gasteiger partial charge is 0.395 e. The molecule has 1 atom stereocenters. The van der Waals surface area contributed by atoms with E-state index in [1.165, 1.54) is 19.3 Å². The van der Waals surface area contributed by atoms with Crippen LogP contribution in [0.2, 0.25) is 0 Å². The molecule has 1 saturated carbocycles. The van der Waals surface area contributed by atoms with Crippen molar-refractivity contribution in [1.82, 2.24) is 20.3 Å². The number of aromatic nitrogens is 3. The summed E-state index contributed by atoms with van der Waals surface area (Å²) in [6, 6.07) is 0.196. The highest BCUT2D eigenvalue weighted by Crippen LogP contribution is 2.30. The predicted molar refractivity (Wildman–Crippen MR) is 70.1 cm³/mol. The van der Waals surface area contributed by atoms with Crippen molar-refractivity contribution in [3.63, 3.8) is 0 Å². The van der Waals surface area contributed by atoms with E-state index in [0.717, 1.165) is 30.3 Å². The van der Waals surface area contributed by atoms with Crippen LogP contribution in [0.5, 0.6) is 0 Å². The van der Waals surface area contributed by atoms with Gasteiger partial charge in [-0.25, -0.2) is 0 Å². The molecule has 1 aliphatic carbocycles. The highest BCUT2D eigenvalue weighted by Gasteiger charge is 2.21. The van der Waals surface area contributed by atoms with Gasteiger partial charge in [0.1, 0.15) is 0 Å². The first-order valence-electron chi connectivity index (χ1n) is 6.97. The highest BCUT2D eigenvalue weighted by molar-refractivity contribution is 5.06. The van der Waals surface area contributed by atoms with E-state index in [1.807, 2.05) is 13.8 Å². The molecule has 1 aliphatic rings. The van der Waals surface area contributed by atoms with E-state index in [-0.39, 0.29) is 12.6 Å². The fourth-order valence-electron chi connectivity index (χ4n) is 2.36. The summed E-state index contributed by atoms with van der Waals surface area (Å²) in [6.07, 6.45) is 5.08. The number of hydrogen-bond acceptors (Lipinski definition) is 4. The topological polar surface area (TPSA) is 63.0 Å². The van der Waals surface area contributed by atoms with Gasteiger partial charge in [-0.15, -0.1) is 0 Å². The van der Waals surface area contributed by atoms with E-state index in [2.05, 4.69) is 15.5 Å². The Hall–Kier alpha value is -0.940. The monoisotopic (exact) mass is 252 g/mol. The molecular formula is C13H24N4O. The molecule has 0 saturated heterocycles. The summed E-state index contributed by atoms with van der Waals surface area (Å²) >= 11 is 0. The number of aliphatic hydroxyl groups excluding tert-OH is 1. The van der Waals surface area contributed by atoms with Crippen molar-refractivity contribution < 1.29 is 5.11 Å². The minimum atomic E-state index is 0.196. The van der Waals surface area contributed by atoms with Crippen molar-refractivity contribution >= 4 is 0 Å².